The van der Waals surface area contributed by atoms with Crippen molar-refractivity contribution in [1.82, 2.24) is 0 Å². The highest BCUT2D eigenvalue weighted by atomic mass is 16.3. The van der Waals surface area contributed by atoms with Crippen molar-refractivity contribution in [1.29, 1.82) is 0 Å². The molecule has 2 aromatic heterocycles. The van der Waals surface area contributed by atoms with E-state index in [0.29, 0.717) is 0 Å². The monoisotopic (exact) mass is 627 g/mol. The smallest absolute Gasteiger partial charge is 0.137 e. The lowest BCUT2D eigenvalue weighted by molar-refractivity contribution is 0.668. The molecule has 49 heavy (non-hydrogen) atoms. The molecule has 10 aromatic rings. The molecule has 230 valence electrons. The number of nitrogens with zero attached hydrogens (tertiary/aromatic N) is 1. The van der Waals surface area contributed by atoms with Crippen molar-refractivity contribution in [3.8, 4) is 22.3 Å². The van der Waals surface area contributed by atoms with E-state index in [1.54, 1.807) is 0 Å². The van der Waals surface area contributed by atoms with Gasteiger partial charge in [0.1, 0.15) is 22.3 Å². The Kier molecular flexibility index (Phi) is 6.18. The van der Waals surface area contributed by atoms with Crippen LogP contribution >= 0.6 is 0 Å². The van der Waals surface area contributed by atoms with Crippen molar-refractivity contribution < 1.29 is 8.83 Å². The number of fused-ring (bicyclic) bond motifs is 7. The van der Waals surface area contributed by atoms with Crippen LogP contribution in [0.25, 0.3) is 76.9 Å². The Labute approximate surface area is 282 Å². The van der Waals surface area contributed by atoms with E-state index in [1.165, 1.54) is 21.9 Å². The minimum atomic E-state index is 0.869. The van der Waals surface area contributed by atoms with E-state index >= 15 is 0 Å². The van der Waals surface area contributed by atoms with Crippen molar-refractivity contribution in [2.45, 2.75) is 0 Å². The maximum Gasteiger partial charge on any atom is 0.137 e. The molecular formula is C46H29NO2. The Morgan fingerprint density at radius 3 is 1.69 bits per heavy atom. The third-order valence-corrected chi connectivity index (χ3v) is 9.68. The maximum absolute atomic E-state index is 6.33. The minimum Gasteiger partial charge on any atom is -0.456 e. The summed E-state index contributed by atoms with van der Waals surface area (Å²) >= 11 is 0. The topological polar surface area (TPSA) is 29.5 Å². The lowest BCUT2D eigenvalue weighted by Gasteiger charge is -2.26. The van der Waals surface area contributed by atoms with Gasteiger partial charge in [0.2, 0.25) is 0 Å². The van der Waals surface area contributed by atoms with Gasteiger partial charge in [-0.05, 0) is 93.7 Å². The molecule has 0 saturated carbocycles. The van der Waals surface area contributed by atoms with Gasteiger partial charge >= 0.3 is 0 Å². The fourth-order valence-electron chi connectivity index (χ4n) is 7.35. The average molecular weight is 628 g/mol. The summed E-state index contributed by atoms with van der Waals surface area (Å²) in [5.74, 6) is 0. The van der Waals surface area contributed by atoms with Crippen LogP contribution in [0.5, 0.6) is 0 Å². The second kappa shape index (κ2) is 11.0. The summed E-state index contributed by atoms with van der Waals surface area (Å²) in [6.45, 7) is 0. The normalized spacial score (nSPS) is 11.7. The Morgan fingerprint density at radius 2 is 0.898 bits per heavy atom. The van der Waals surface area contributed by atoms with E-state index < -0.39 is 0 Å². The molecule has 10 rings (SSSR count). The lowest BCUT2D eigenvalue weighted by atomic mass is 9.98. The van der Waals surface area contributed by atoms with Crippen LogP contribution in [0.15, 0.2) is 185 Å². The molecule has 0 amide bonds. The SMILES string of the molecule is c1ccc2c(-c3ccc(N(c4ccc(-c5ccc6oc7ccccc7c6c5)cc4)c4cccc5oc6ccccc6c45)cc3)cccc2c1. The van der Waals surface area contributed by atoms with Crippen LogP contribution in [0.3, 0.4) is 0 Å². The van der Waals surface area contributed by atoms with Crippen LogP contribution in [0.1, 0.15) is 0 Å². The summed E-state index contributed by atoms with van der Waals surface area (Å²) in [5, 5.41) is 6.95. The number of hydrogen-bond donors (Lipinski definition) is 0. The minimum absolute atomic E-state index is 0.869. The molecule has 3 heteroatoms. The van der Waals surface area contributed by atoms with Gasteiger partial charge in [-0.3, -0.25) is 0 Å². The van der Waals surface area contributed by atoms with Crippen molar-refractivity contribution in [3.05, 3.63) is 176 Å². The third kappa shape index (κ3) is 4.51. The van der Waals surface area contributed by atoms with Gasteiger partial charge in [-0.2, -0.15) is 0 Å². The van der Waals surface area contributed by atoms with Crippen LogP contribution in [-0.4, -0.2) is 0 Å². The maximum atomic E-state index is 6.33. The number of benzene rings is 8. The largest absolute Gasteiger partial charge is 0.456 e. The van der Waals surface area contributed by atoms with E-state index in [-0.39, 0.29) is 0 Å². The van der Waals surface area contributed by atoms with Gasteiger partial charge in [-0.1, -0.05) is 115 Å². The molecule has 3 nitrogen and oxygen atoms in total. The molecule has 0 bridgehead atoms. The second-order valence-electron chi connectivity index (χ2n) is 12.5. The zero-order valence-electron chi connectivity index (χ0n) is 26.5. The lowest BCUT2D eigenvalue weighted by Crippen LogP contribution is -2.10. The van der Waals surface area contributed by atoms with Gasteiger partial charge in [-0.25, -0.2) is 0 Å². The standard InChI is InChI=1S/C46H29NO2/c1-2-11-36-31(9-1)10-7-14-37(36)32-21-26-35(27-22-32)47(41-15-8-18-45-46(41)39-13-4-6-17-43(39)49-45)34-24-19-30(20-25-34)33-23-28-44-40(29-33)38-12-3-5-16-42(38)48-44/h1-29H. The molecule has 0 spiro atoms. The van der Waals surface area contributed by atoms with E-state index in [9.17, 15) is 0 Å². The van der Waals surface area contributed by atoms with Gasteiger partial charge in [0.05, 0.1) is 11.1 Å². The summed E-state index contributed by atoms with van der Waals surface area (Å²) < 4.78 is 12.4. The fraction of sp³-hybridized carbons (Fsp3) is 0. The molecule has 0 aliphatic carbocycles. The zero-order valence-corrected chi connectivity index (χ0v) is 26.5. The predicted octanol–water partition coefficient (Wildman–Crippen LogP) is 13.4. The highest BCUT2D eigenvalue weighted by molar-refractivity contribution is 6.13. The molecule has 0 N–H and O–H groups in total. The fourth-order valence-corrected chi connectivity index (χ4v) is 7.35. The summed E-state index contributed by atoms with van der Waals surface area (Å²) in [7, 11) is 0. The van der Waals surface area contributed by atoms with Crippen molar-refractivity contribution in [2.24, 2.45) is 0 Å². The summed E-state index contributed by atoms with van der Waals surface area (Å²) in [4.78, 5) is 2.34. The van der Waals surface area contributed by atoms with E-state index in [1.807, 2.05) is 24.3 Å². The molecule has 0 radical (unpaired) electrons. The Bertz CT molecular complexity index is 2820. The summed E-state index contributed by atoms with van der Waals surface area (Å²) in [6.07, 6.45) is 0. The Morgan fingerprint density at radius 1 is 0.347 bits per heavy atom. The first-order valence-corrected chi connectivity index (χ1v) is 16.6. The predicted molar refractivity (Wildman–Crippen MR) is 204 cm³/mol. The van der Waals surface area contributed by atoms with Crippen LogP contribution in [0.2, 0.25) is 0 Å². The van der Waals surface area contributed by atoms with E-state index in [4.69, 9.17) is 8.83 Å². The highest BCUT2D eigenvalue weighted by Crippen LogP contribution is 2.44. The molecule has 2 heterocycles. The highest BCUT2D eigenvalue weighted by Gasteiger charge is 2.20. The third-order valence-electron chi connectivity index (χ3n) is 9.68. The van der Waals surface area contributed by atoms with Crippen LogP contribution in [-0.2, 0) is 0 Å². The molecule has 0 aliphatic rings. The van der Waals surface area contributed by atoms with Crippen molar-refractivity contribution in [2.75, 3.05) is 4.90 Å². The van der Waals surface area contributed by atoms with Gasteiger partial charge < -0.3 is 13.7 Å². The summed E-state index contributed by atoms with van der Waals surface area (Å²) in [6, 6.07) is 62.1. The van der Waals surface area contributed by atoms with Crippen LogP contribution in [0.4, 0.5) is 17.1 Å². The molecule has 8 aromatic carbocycles. The Hall–Kier alpha value is -6.58. The van der Waals surface area contributed by atoms with Crippen LogP contribution < -0.4 is 4.90 Å². The first-order chi connectivity index (χ1) is 24.3. The van der Waals surface area contributed by atoms with E-state index in [0.717, 1.165) is 72.1 Å². The number of hydrogen-bond acceptors (Lipinski definition) is 3. The first kappa shape index (κ1) is 27.5. The van der Waals surface area contributed by atoms with Crippen LogP contribution in [0, 0.1) is 0 Å². The number of anilines is 3. The first-order valence-electron chi connectivity index (χ1n) is 16.6. The molecule has 0 saturated heterocycles. The van der Waals surface area contributed by atoms with Crippen molar-refractivity contribution >= 4 is 71.7 Å². The van der Waals surface area contributed by atoms with Gasteiger partial charge in [0, 0.05) is 27.5 Å². The molecule has 0 fully saturated rings. The quantitative estimate of drug-likeness (QED) is 0.190. The summed E-state index contributed by atoms with van der Waals surface area (Å²) in [5.41, 5.74) is 11.5. The zero-order chi connectivity index (χ0) is 32.3. The number of furan rings is 2. The van der Waals surface area contributed by atoms with Crippen molar-refractivity contribution in [3.63, 3.8) is 0 Å². The second-order valence-corrected chi connectivity index (χ2v) is 12.5. The molecular weight excluding hydrogens is 599 g/mol. The van der Waals surface area contributed by atoms with Gasteiger partial charge in [0.25, 0.3) is 0 Å². The number of rotatable bonds is 5. The Balaban J connectivity index is 1.11. The van der Waals surface area contributed by atoms with Gasteiger partial charge in [-0.15, -0.1) is 0 Å². The number of para-hydroxylation sites is 2. The van der Waals surface area contributed by atoms with Gasteiger partial charge in [0.15, 0.2) is 0 Å². The van der Waals surface area contributed by atoms with E-state index in [2.05, 4.69) is 157 Å². The molecule has 0 unspecified atom stereocenters. The average Bonchev–Trinajstić information content (AvgIpc) is 3.74. The molecule has 0 atom stereocenters. The molecule has 0 aliphatic heterocycles.